The average Bonchev–Trinajstić information content (AvgIpc) is 2.67. The van der Waals surface area contributed by atoms with E-state index in [4.69, 9.17) is 14.6 Å². The summed E-state index contributed by atoms with van der Waals surface area (Å²) >= 11 is 0. The second-order valence-electron chi connectivity index (χ2n) is 8.09. The minimum atomic E-state index is 0.126. The van der Waals surface area contributed by atoms with Gasteiger partial charge in [0, 0.05) is 19.8 Å². The van der Waals surface area contributed by atoms with Crippen LogP contribution in [-0.2, 0) is 9.47 Å². The summed E-state index contributed by atoms with van der Waals surface area (Å²) in [5.74, 6) is 0. The van der Waals surface area contributed by atoms with E-state index in [2.05, 4.69) is 20.8 Å². The van der Waals surface area contributed by atoms with Gasteiger partial charge in [0.2, 0.25) is 0 Å². The molecule has 0 spiro atoms. The quantitative estimate of drug-likeness (QED) is 0.203. The third-order valence-electron chi connectivity index (χ3n) is 5.38. The molecule has 2 atom stereocenters. The van der Waals surface area contributed by atoms with Gasteiger partial charge in [-0.1, -0.05) is 97.3 Å². The molecule has 0 heterocycles. The summed E-state index contributed by atoms with van der Waals surface area (Å²) in [6, 6.07) is 0. The standard InChI is InChI=1S/C24H50O3/c1-4-6-8-10-12-13-15-17-21-27-24(23(3)26-22-18-20-25)19-16-14-11-9-7-5-2/h23-25H,4-22H2,1-3H3. The van der Waals surface area contributed by atoms with Gasteiger partial charge in [0.15, 0.2) is 0 Å². The van der Waals surface area contributed by atoms with Crippen LogP contribution in [0.15, 0.2) is 0 Å². The van der Waals surface area contributed by atoms with E-state index in [0.717, 1.165) is 13.0 Å². The highest BCUT2D eigenvalue weighted by molar-refractivity contribution is 4.67. The first-order valence-corrected chi connectivity index (χ1v) is 12.1. The normalized spacial score (nSPS) is 13.8. The molecule has 0 saturated carbocycles. The maximum absolute atomic E-state index is 8.94. The number of aliphatic hydroxyl groups excluding tert-OH is 1. The zero-order valence-electron chi connectivity index (χ0n) is 18.9. The maximum atomic E-state index is 8.94. The summed E-state index contributed by atoms with van der Waals surface area (Å²) in [7, 11) is 0. The first-order valence-electron chi connectivity index (χ1n) is 12.1. The fraction of sp³-hybridized carbons (Fsp3) is 1.00. The number of ether oxygens (including phenoxy) is 2. The second kappa shape index (κ2) is 22.2. The van der Waals surface area contributed by atoms with Gasteiger partial charge in [-0.2, -0.15) is 0 Å². The lowest BCUT2D eigenvalue weighted by Gasteiger charge is -2.25. The molecule has 0 bridgehead atoms. The predicted molar refractivity (Wildman–Crippen MR) is 117 cm³/mol. The van der Waals surface area contributed by atoms with Gasteiger partial charge in [-0.05, 0) is 26.2 Å². The Morgan fingerprint density at radius 2 is 1.07 bits per heavy atom. The molecule has 3 nitrogen and oxygen atoms in total. The molecule has 0 saturated heterocycles. The van der Waals surface area contributed by atoms with E-state index >= 15 is 0 Å². The van der Waals surface area contributed by atoms with Gasteiger partial charge in [-0.15, -0.1) is 0 Å². The first kappa shape index (κ1) is 26.9. The highest BCUT2D eigenvalue weighted by atomic mass is 16.5. The largest absolute Gasteiger partial charge is 0.396 e. The minimum absolute atomic E-state index is 0.126. The Bertz CT molecular complexity index is 270. The molecule has 27 heavy (non-hydrogen) atoms. The van der Waals surface area contributed by atoms with Crippen molar-refractivity contribution in [2.75, 3.05) is 19.8 Å². The molecule has 0 aliphatic carbocycles. The van der Waals surface area contributed by atoms with E-state index in [-0.39, 0.29) is 18.8 Å². The van der Waals surface area contributed by atoms with E-state index < -0.39 is 0 Å². The monoisotopic (exact) mass is 386 g/mol. The van der Waals surface area contributed by atoms with Crippen LogP contribution in [-0.4, -0.2) is 37.1 Å². The molecule has 164 valence electrons. The van der Waals surface area contributed by atoms with Crippen LogP contribution in [0.4, 0.5) is 0 Å². The van der Waals surface area contributed by atoms with Crippen molar-refractivity contribution in [1.82, 2.24) is 0 Å². The van der Waals surface area contributed by atoms with Crippen LogP contribution in [0.2, 0.25) is 0 Å². The SMILES string of the molecule is CCCCCCCCCCOC(CCCCCCCC)C(C)OCCCO. The Labute approximate surface area is 170 Å². The molecule has 0 radical (unpaired) electrons. The lowest BCUT2D eigenvalue weighted by atomic mass is 10.0. The van der Waals surface area contributed by atoms with Crippen molar-refractivity contribution in [3.05, 3.63) is 0 Å². The minimum Gasteiger partial charge on any atom is -0.396 e. The number of aliphatic hydroxyl groups is 1. The number of rotatable bonds is 22. The second-order valence-corrected chi connectivity index (χ2v) is 8.09. The molecule has 0 aliphatic rings. The lowest BCUT2D eigenvalue weighted by Crippen LogP contribution is -2.30. The number of hydrogen-bond acceptors (Lipinski definition) is 3. The Kier molecular flexibility index (Phi) is 22.1. The highest BCUT2D eigenvalue weighted by Crippen LogP contribution is 2.16. The van der Waals surface area contributed by atoms with Crippen molar-refractivity contribution in [3.8, 4) is 0 Å². The van der Waals surface area contributed by atoms with Crippen LogP contribution in [0.25, 0.3) is 0 Å². The molecule has 0 fully saturated rings. The van der Waals surface area contributed by atoms with Crippen molar-refractivity contribution in [2.24, 2.45) is 0 Å². The molecule has 0 aromatic rings. The van der Waals surface area contributed by atoms with Crippen LogP contribution in [0, 0.1) is 0 Å². The van der Waals surface area contributed by atoms with Gasteiger partial charge >= 0.3 is 0 Å². The van der Waals surface area contributed by atoms with Crippen LogP contribution in [0.5, 0.6) is 0 Å². The average molecular weight is 387 g/mol. The van der Waals surface area contributed by atoms with Gasteiger partial charge in [-0.3, -0.25) is 0 Å². The summed E-state index contributed by atoms with van der Waals surface area (Å²) in [6.07, 6.45) is 20.8. The molecule has 0 rings (SSSR count). The van der Waals surface area contributed by atoms with Gasteiger partial charge < -0.3 is 14.6 Å². The van der Waals surface area contributed by atoms with Gasteiger partial charge in [0.25, 0.3) is 0 Å². The molecule has 0 aromatic carbocycles. The highest BCUT2D eigenvalue weighted by Gasteiger charge is 2.18. The zero-order chi connectivity index (χ0) is 20.0. The van der Waals surface area contributed by atoms with Crippen molar-refractivity contribution in [2.45, 2.75) is 136 Å². The first-order chi connectivity index (χ1) is 13.3. The fourth-order valence-electron chi connectivity index (χ4n) is 3.49. The summed E-state index contributed by atoms with van der Waals surface area (Å²) < 4.78 is 12.1. The Hall–Kier alpha value is -0.120. The van der Waals surface area contributed by atoms with Gasteiger partial charge in [-0.25, -0.2) is 0 Å². The van der Waals surface area contributed by atoms with E-state index in [0.29, 0.717) is 13.0 Å². The van der Waals surface area contributed by atoms with Crippen LogP contribution in [0.1, 0.15) is 124 Å². The van der Waals surface area contributed by atoms with Crippen LogP contribution in [0.3, 0.4) is 0 Å². The predicted octanol–water partition coefficient (Wildman–Crippen LogP) is 7.05. The van der Waals surface area contributed by atoms with Crippen LogP contribution >= 0.6 is 0 Å². The van der Waals surface area contributed by atoms with E-state index in [9.17, 15) is 0 Å². The van der Waals surface area contributed by atoms with Crippen molar-refractivity contribution in [3.63, 3.8) is 0 Å². The lowest BCUT2D eigenvalue weighted by molar-refractivity contribution is -0.0717. The summed E-state index contributed by atoms with van der Waals surface area (Å²) in [5.41, 5.74) is 0. The smallest absolute Gasteiger partial charge is 0.0833 e. The zero-order valence-corrected chi connectivity index (χ0v) is 18.9. The van der Waals surface area contributed by atoms with E-state index in [1.165, 1.54) is 89.9 Å². The summed E-state index contributed by atoms with van der Waals surface area (Å²) in [5, 5.41) is 8.94. The molecular formula is C24H50O3. The van der Waals surface area contributed by atoms with Crippen LogP contribution < -0.4 is 0 Å². The molecule has 1 N–H and O–H groups in total. The topological polar surface area (TPSA) is 38.7 Å². The fourth-order valence-corrected chi connectivity index (χ4v) is 3.49. The van der Waals surface area contributed by atoms with Crippen molar-refractivity contribution < 1.29 is 14.6 Å². The van der Waals surface area contributed by atoms with Crippen molar-refractivity contribution in [1.29, 1.82) is 0 Å². The molecule has 0 aromatic heterocycles. The Morgan fingerprint density at radius 3 is 1.63 bits per heavy atom. The van der Waals surface area contributed by atoms with Gasteiger partial charge in [0.1, 0.15) is 0 Å². The number of unbranched alkanes of at least 4 members (excludes halogenated alkanes) is 12. The van der Waals surface area contributed by atoms with Gasteiger partial charge in [0.05, 0.1) is 12.2 Å². The molecule has 2 unspecified atom stereocenters. The summed E-state index contributed by atoms with van der Waals surface area (Å²) in [6.45, 7) is 8.36. The van der Waals surface area contributed by atoms with E-state index in [1.54, 1.807) is 0 Å². The third-order valence-corrected chi connectivity index (χ3v) is 5.38. The molecule has 3 heteroatoms. The summed E-state index contributed by atoms with van der Waals surface area (Å²) in [4.78, 5) is 0. The molecular weight excluding hydrogens is 336 g/mol. The molecule has 0 aliphatic heterocycles. The maximum Gasteiger partial charge on any atom is 0.0833 e. The van der Waals surface area contributed by atoms with Crippen molar-refractivity contribution >= 4 is 0 Å². The van der Waals surface area contributed by atoms with E-state index in [1.807, 2.05) is 0 Å². The Balaban J connectivity index is 3.89. The molecule has 0 amide bonds. The Morgan fingerprint density at radius 1 is 0.593 bits per heavy atom. The third kappa shape index (κ3) is 19.0. The number of hydrogen-bond donors (Lipinski definition) is 1.